The Labute approximate surface area is 203 Å². The van der Waals surface area contributed by atoms with E-state index in [1.807, 2.05) is 18.2 Å². The highest BCUT2D eigenvalue weighted by molar-refractivity contribution is 5.85. The van der Waals surface area contributed by atoms with Crippen LogP contribution in [0.25, 0.3) is 0 Å². The number of carbonyl (C=O) groups is 1. The molecule has 1 saturated carbocycles. The molecule has 1 heterocycles. The van der Waals surface area contributed by atoms with Crippen LogP contribution < -0.4 is 14.8 Å². The van der Waals surface area contributed by atoms with Crippen LogP contribution >= 0.6 is 12.4 Å². The number of hydrogen-bond donors (Lipinski definition) is 2. The summed E-state index contributed by atoms with van der Waals surface area (Å²) in [6.07, 6.45) is 5.25. The number of anilines is 1. The Balaban J connectivity index is 0.00000306. The number of nitrogens with one attached hydrogen (secondary N) is 1. The second-order valence-corrected chi connectivity index (χ2v) is 9.45. The van der Waals surface area contributed by atoms with Gasteiger partial charge in [0.05, 0.1) is 12.2 Å². The van der Waals surface area contributed by atoms with E-state index >= 15 is 0 Å². The van der Waals surface area contributed by atoms with E-state index in [-0.39, 0.29) is 36.5 Å². The van der Waals surface area contributed by atoms with Crippen LogP contribution in [0.15, 0.2) is 42.5 Å². The summed E-state index contributed by atoms with van der Waals surface area (Å²) < 4.78 is 11.9. The van der Waals surface area contributed by atoms with Gasteiger partial charge in [-0.3, -0.25) is 4.79 Å². The van der Waals surface area contributed by atoms with Crippen LogP contribution in [-0.4, -0.2) is 29.3 Å². The van der Waals surface area contributed by atoms with E-state index in [2.05, 4.69) is 43.4 Å². The first-order chi connectivity index (χ1) is 15.4. The number of aliphatic hydroxyl groups is 1. The predicted molar refractivity (Wildman–Crippen MR) is 134 cm³/mol. The normalized spacial score (nSPS) is 24.4. The van der Waals surface area contributed by atoms with E-state index in [0.29, 0.717) is 29.9 Å². The van der Waals surface area contributed by atoms with Crippen molar-refractivity contribution in [1.29, 1.82) is 0 Å². The molecule has 2 aromatic carbocycles. The van der Waals surface area contributed by atoms with Crippen molar-refractivity contribution >= 4 is 24.1 Å². The lowest BCUT2D eigenvalue weighted by Crippen LogP contribution is -2.40. The Morgan fingerprint density at radius 1 is 1.21 bits per heavy atom. The predicted octanol–water partition coefficient (Wildman–Crippen LogP) is 5.88. The molecule has 0 radical (unpaired) electrons. The van der Waals surface area contributed by atoms with Gasteiger partial charge in [-0.25, -0.2) is 0 Å². The minimum absolute atomic E-state index is 0. The fourth-order valence-electron chi connectivity index (χ4n) is 5.39. The van der Waals surface area contributed by atoms with Crippen LogP contribution in [0.5, 0.6) is 11.5 Å². The second-order valence-electron chi connectivity index (χ2n) is 9.45. The smallest absolute Gasteiger partial charge is 0.308 e. The van der Waals surface area contributed by atoms with E-state index in [1.54, 1.807) is 0 Å². The van der Waals surface area contributed by atoms with Gasteiger partial charge in [0, 0.05) is 36.3 Å². The summed E-state index contributed by atoms with van der Waals surface area (Å²) in [7, 11) is 0. The molecule has 5 atom stereocenters. The summed E-state index contributed by atoms with van der Waals surface area (Å²) in [5.41, 5.74) is 3.30. The molecule has 1 aliphatic carbocycles. The number of halogens is 1. The van der Waals surface area contributed by atoms with Crippen molar-refractivity contribution in [2.75, 3.05) is 5.32 Å². The lowest BCUT2D eigenvalue weighted by atomic mass is 9.68. The maximum absolute atomic E-state index is 11.9. The van der Waals surface area contributed by atoms with Crippen LogP contribution in [0, 0.1) is 5.92 Å². The molecule has 180 valence electrons. The van der Waals surface area contributed by atoms with Crippen molar-refractivity contribution in [1.82, 2.24) is 0 Å². The molecule has 1 aliphatic heterocycles. The van der Waals surface area contributed by atoms with Crippen molar-refractivity contribution in [2.24, 2.45) is 5.92 Å². The topological polar surface area (TPSA) is 67.8 Å². The van der Waals surface area contributed by atoms with Crippen LogP contribution in [0.2, 0.25) is 0 Å². The largest absolute Gasteiger partial charge is 0.491 e. The first kappa shape index (κ1) is 25.4. The van der Waals surface area contributed by atoms with Gasteiger partial charge in [-0.15, -0.1) is 12.4 Å². The van der Waals surface area contributed by atoms with Gasteiger partial charge in [-0.2, -0.15) is 0 Å². The number of hydrogen-bond acceptors (Lipinski definition) is 5. The highest BCUT2D eigenvalue weighted by Gasteiger charge is 2.41. The van der Waals surface area contributed by atoms with E-state index in [4.69, 9.17) is 9.47 Å². The monoisotopic (exact) mass is 473 g/mol. The quantitative estimate of drug-likeness (QED) is 0.388. The zero-order valence-corrected chi connectivity index (χ0v) is 20.6. The maximum atomic E-state index is 11.9. The summed E-state index contributed by atoms with van der Waals surface area (Å²) in [6.45, 7) is 5.71. The Bertz CT molecular complexity index is 935. The standard InChI is InChI=1S/C27H35NO4.ClH/c1-17(8-7-11-20-9-5-4-6-10-20)31-22-15-25-27(26(16-22)32-19(3)29)24-14-21(30)12-13-23(24)18(2)28-25;/h4-6,9-10,15-18,21,23-24,28,30H,7-8,11-14H2,1-3H3;1H/t17-,18+,21-,23+,24-;/m1./s1. The van der Waals surface area contributed by atoms with Crippen LogP contribution in [0.3, 0.4) is 0 Å². The van der Waals surface area contributed by atoms with Crippen molar-refractivity contribution in [2.45, 2.75) is 83.5 Å². The second kappa shape index (κ2) is 11.3. The molecule has 2 aromatic rings. The molecule has 0 aromatic heterocycles. The number of esters is 1. The van der Waals surface area contributed by atoms with Gasteiger partial charge in [0.15, 0.2) is 0 Å². The van der Waals surface area contributed by atoms with Crippen LogP contribution in [0.4, 0.5) is 5.69 Å². The molecule has 5 nitrogen and oxygen atoms in total. The molecule has 2 N–H and O–H groups in total. The first-order valence-corrected chi connectivity index (χ1v) is 11.9. The minimum Gasteiger partial charge on any atom is -0.491 e. The number of carbonyl (C=O) groups excluding carboxylic acids is 1. The minimum atomic E-state index is -0.341. The van der Waals surface area contributed by atoms with Gasteiger partial charge in [0.1, 0.15) is 11.5 Å². The van der Waals surface area contributed by atoms with Gasteiger partial charge in [0.25, 0.3) is 0 Å². The molecule has 0 amide bonds. The number of aliphatic hydroxyl groups excluding tert-OH is 1. The lowest BCUT2D eigenvalue weighted by molar-refractivity contribution is -0.131. The Morgan fingerprint density at radius 3 is 2.70 bits per heavy atom. The third-order valence-corrected chi connectivity index (χ3v) is 6.90. The van der Waals surface area contributed by atoms with Crippen molar-refractivity contribution in [3.63, 3.8) is 0 Å². The van der Waals surface area contributed by atoms with Crippen molar-refractivity contribution in [3.05, 3.63) is 53.6 Å². The summed E-state index contributed by atoms with van der Waals surface area (Å²) in [4.78, 5) is 11.9. The molecule has 4 rings (SSSR count). The van der Waals surface area contributed by atoms with Gasteiger partial charge >= 0.3 is 5.97 Å². The summed E-state index contributed by atoms with van der Waals surface area (Å²) in [6, 6.07) is 14.7. The molecule has 0 unspecified atom stereocenters. The highest BCUT2D eigenvalue weighted by atomic mass is 35.5. The lowest BCUT2D eigenvalue weighted by Gasteiger charge is -2.44. The van der Waals surface area contributed by atoms with Crippen molar-refractivity contribution in [3.8, 4) is 11.5 Å². The number of ether oxygens (including phenoxy) is 2. The zero-order valence-electron chi connectivity index (χ0n) is 19.8. The molecular weight excluding hydrogens is 438 g/mol. The fourth-order valence-corrected chi connectivity index (χ4v) is 5.39. The molecule has 0 saturated heterocycles. The van der Waals surface area contributed by atoms with E-state index in [9.17, 15) is 9.90 Å². The number of aryl methyl sites for hydroxylation is 1. The highest BCUT2D eigenvalue weighted by Crippen LogP contribution is 2.51. The molecular formula is C27H36ClNO4. The zero-order chi connectivity index (χ0) is 22.7. The molecule has 2 aliphatic rings. The molecule has 6 heteroatoms. The first-order valence-electron chi connectivity index (χ1n) is 11.9. The summed E-state index contributed by atoms with van der Waals surface area (Å²) in [5.74, 6) is 1.53. The van der Waals surface area contributed by atoms with E-state index < -0.39 is 0 Å². The van der Waals surface area contributed by atoms with E-state index in [1.165, 1.54) is 12.5 Å². The molecule has 0 bridgehead atoms. The van der Waals surface area contributed by atoms with Gasteiger partial charge in [-0.05, 0) is 69.8 Å². The Hall–Kier alpha value is -2.24. The molecule has 1 fully saturated rings. The third-order valence-electron chi connectivity index (χ3n) is 6.90. The van der Waals surface area contributed by atoms with E-state index in [0.717, 1.165) is 43.4 Å². The molecule has 0 spiro atoms. The number of benzene rings is 2. The van der Waals surface area contributed by atoms with Crippen LogP contribution in [0.1, 0.15) is 69.9 Å². The molecule has 33 heavy (non-hydrogen) atoms. The van der Waals surface area contributed by atoms with Gasteiger partial charge in [-0.1, -0.05) is 30.3 Å². The van der Waals surface area contributed by atoms with Gasteiger partial charge < -0.3 is 19.9 Å². The SMILES string of the molecule is CC(=O)Oc1cc(O[C@H](C)CCCc2ccccc2)cc2c1[C@@H]1C[C@H](O)CC[C@H]1[C@H](C)N2.Cl. The summed E-state index contributed by atoms with van der Waals surface area (Å²) >= 11 is 0. The third kappa shape index (κ3) is 6.21. The fraction of sp³-hybridized carbons (Fsp3) is 0.519. The van der Waals surface area contributed by atoms with Gasteiger partial charge in [0.2, 0.25) is 0 Å². The average molecular weight is 474 g/mol. The number of rotatable bonds is 7. The summed E-state index contributed by atoms with van der Waals surface area (Å²) in [5, 5.41) is 13.9. The average Bonchev–Trinajstić information content (AvgIpc) is 2.73. The maximum Gasteiger partial charge on any atom is 0.308 e. The Kier molecular flexibility index (Phi) is 8.66. The van der Waals surface area contributed by atoms with Crippen molar-refractivity contribution < 1.29 is 19.4 Å². The Morgan fingerprint density at radius 2 is 1.97 bits per heavy atom. The number of fused-ring (bicyclic) bond motifs is 3. The van der Waals surface area contributed by atoms with Crippen LogP contribution in [-0.2, 0) is 11.2 Å².